The van der Waals surface area contributed by atoms with E-state index in [1.54, 1.807) is 49.4 Å². The van der Waals surface area contributed by atoms with E-state index in [1.165, 1.54) is 14.2 Å². The molecule has 0 aromatic heterocycles. The number of rotatable bonds is 10. The predicted molar refractivity (Wildman–Crippen MR) is 109 cm³/mol. The van der Waals surface area contributed by atoms with Gasteiger partial charge in [0, 0.05) is 17.3 Å². The first-order chi connectivity index (χ1) is 13.5. The Balaban J connectivity index is 2.60. The summed E-state index contributed by atoms with van der Waals surface area (Å²) in [6.45, 7) is 3.85. The van der Waals surface area contributed by atoms with Crippen molar-refractivity contribution in [1.82, 2.24) is 0 Å². The van der Waals surface area contributed by atoms with Gasteiger partial charge in [0.25, 0.3) is 7.37 Å². The van der Waals surface area contributed by atoms with E-state index in [0.717, 1.165) is 0 Å². The highest BCUT2D eigenvalue weighted by Crippen LogP contribution is 2.60. The molecule has 0 bridgehead atoms. The van der Waals surface area contributed by atoms with Gasteiger partial charge >= 0.3 is 5.97 Å². The van der Waals surface area contributed by atoms with Gasteiger partial charge in [0.05, 0.1) is 20.8 Å². The first-order valence-corrected chi connectivity index (χ1v) is 10.9. The topological polar surface area (TPSA) is 71.1 Å². The Morgan fingerprint density at radius 1 is 1.00 bits per heavy atom. The SMILES string of the molecule is CCCC(=O)O[C@@H](c1ccc(OC)c(OC)c1)P(=O)(OCC)c1ccccc1. The predicted octanol–water partition coefficient (Wildman–Crippen LogP) is 4.69. The first-order valence-electron chi connectivity index (χ1n) is 9.21. The summed E-state index contributed by atoms with van der Waals surface area (Å²) < 4.78 is 36.1. The highest BCUT2D eigenvalue weighted by molar-refractivity contribution is 7.67. The molecule has 0 saturated heterocycles. The van der Waals surface area contributed by atoms with Crippen LogP contribution in [-0.2, 0) is 18.6 Å². The molecule has 0 aliphatic heterocycles. The summed E-state index contributed by atoms with van der Waals surface area (Å²) in [5, 5.41) is 0.487. The minimum Gasteiger partial charge on any atom is -0.493 e. The van der Waals surface area contributed by atoms with Crippen LogP contribution in [0.15, 0.2) is 48.5 Å². The summed E-state index contributed by atoms with van der Waals surface area (Å²) >= 11 is 0. The van der Waals surface area contributed by atoms with Crippen molar-refractivity contribution in [2.45, 2.75) is 32.5 Å². The maximum atomic E-state index is 14.0. The van der Waals surface area contributed by atoms with Crippen LogP contribution >= 0.6 is 7.37 Å². The Morgan fingerprint density at radius 3 is 2.25 bits per heavy atom. The highest BCUT2D eigenvalue weighted by Gasteiger charge is 2.40. The van der Waals surface area contributed by atoms with Gasteiger partial charge in [-0.2, -0.15) is 0 Å². The molecule has 2 atom stereocenters. The zero-order valence-electron chi connectivity index (χ0n) is 16.7. The van der Waals surface area contributed by atoms with Crippen LogP contribution in [0, 0.1) is 0 Å². The molecule has 0 spiro atoms. The maximum Gasteiger partial charge on any atom is 0.306 e. The molecule has 0 N–H and O–H groups in total. The maximum absolute atomic E-state index is 14.0. The standard InChI is InChI=1S/C21H27O6P/c1-5-10-20(22)27-21(16-13-14-18(24-3)19(15-16)25-4)28(23,26-6-2)17-11-8-7-9-12-17/h7-9,11-15,21H,5-6,10H2,1-4H3/t21-,28?/m1/s1. The molecular formula is C21H27O6P. The van der Waals surface area contributed by atoms with E-state index in [1.807, 2.05) is 13.0 Å². The van der Waals surface area contributed by atoms with Crippen LogP contribution in [-0.4, -0.2) is 26.8 Å². The molecule has 7 heteroatoms. The van der Waals surface area contributed by atoms with Crippen LogP contribution in [0.1, 0.15) is 38.1 Å². The van der Waals surface area contributed by atoms with Crippen LogP contribution in [0.3, 0.4) is 0 Å². The zero-order chi connectivity index (χ0) is 20.6. The van der Waals surface area contributed by atoms with Gasteiger partial charge in [-0.3, -0.25) is 9.36 Å². The third-order valence-corrected chi connectivity index (χ3v) is 6.82. The molecule has 6 nitrogen and oxygen atoms in total. The van der Waals surface area contributed by atoms with Crippen molar-refractivity contribution in [3.05, 3.63) is 54.1 Å². The fourth-order valence-corrected chi connectivity index (χ4v) is 5.17. The normalized spacial score (nSPS) is 14.0. The number of hydrogen-bond donors (Lipinski definition) is 0. The molecule has 2 rings (SSSR count). The summed E-state index contributed by atoms with van der Waals surface area (Å²) in [5.74, 6) is -0.546. The van der Waals surface area contributed by atoms with E-state index in [2.05, 4.69) is 0 Å². The van der Waals surface area contributed by atoms with E-state index in [9.17, 15) is 9.36 Å². The monoisotopic (exact) mass is 406 g/mol. The molecule has 0 saturated carbocycles. The second-order valence-electron chi connectivity index (χ2n) is 6.06. The number of hydrogen-bond acceptors (Lipinski definition) is 6. The molecule has 1 unspecified atom stereocenters. The zero-order valence-corrected chi connectivity index (χ0v) is 17.6. The quantitative estimate of drug-likeness (QED) is 0.421. The van der Waals surface area contributed by atoms with E-state index < -0.39 is 19.2 Å². The van der Waals surface area contributed by atoms with Crippen LogP contribution in [0.4, 0.5) is 0 Å². The van der Waals surface area contributed by atoms with Crippen molar-refractivity contribution in [2.75, 3.05) is 20.8 Å². The van der Waals surface area contributed by atoms with Crippen molar-refractivity contribution < 1.29 is 28.1 Å². The van der Waals surface area contributed by atoms with E-state index in [4.69, 9.17) is 18.7 Å². The number of carbonyl (C=O) groups excluding carboxylic acids is 1. The first kappa shape index (κ1) is 22.0. The Morgan fingerprint density at radius 2 is 1.68 bits per heavy atom. The van der Waals surface area contributed by atoms with Gasteiger partial charge in [0.1, 0.15) is 0 Å². The van der Waals surface area contributed by atoms with Crippen molar-refractivity contribution in [3.8, 4) is 11.5 Å². The molecule has 2 aromatic rings. The number of esters is 1. The largest absolute Gasteiger partial charge is 0.493 e. The average molecular weight is 406 g/mol. The average Bonchev–Trinajstić information content (AvgIpc) is 2.72. The summed E-state index contributed by atoms with van der Waals surface area (Å²) in [5.41, 5.74) is 0.516. The molecule has 0 aliphatic rings. The molecular weight excluding hydrogens is 379 g/mol. The Bertz CT molecular complexity index is 821. The summed E-state index contributed by atoms with van der Waals surface area (Å²) in [4.78, 5) is 12.3. The number of ether oxygens (including phenoxy) is 3. The minimum absolute atomic E-state index is 0.210. The molecule has 2 aromatic carbocycles. The molecule has 28 heavy (non-hydrogen) atoms. The molecule has 0 amide bonds. The van der Waals surface area contributed by atoms with E-state index >= 15 is 0 Å². The van der Waals surface area contributed by atoms with Gasteiger partial charge in [-0.15, -0.1) is 0 Å². The van der Waals surface area contributed by atoms with E-state index in [0.29, 0.717) is 28.8 Å². The summed E-state index contributed by atoms with van der Waals surface area (Å²) in [6, 6.07) is 13.9. The van der Waals surface area contributed by atoms with Crippen LogP contribution in [0.25, 0.3) is 0 Å². The molecule has 152 valence electrons. The van der Waals surface area contributed by atoms with Crippen molar-refractivity contribution >= 4 is 18.6 Å². The molecule has 0 fully saturated rings. The van der Waals surface area contributed by atoms with Gasteiger partial charge in [-0.05, 0) is 37.6 Å². The second kappa shape index (κ2) is 10.3. The summed E-state index contributed by atoms with van der Waals surface area (Å²) in [7, 11) is -0.529. The molecule has 0 heterocycles. The fraction of sp³-hybridized carbons (Fsp3) is 0.381. The third kappa shape index (κ3) is 4.94. The van der Waals surface area contributed by atoms with Crippen molar-refractivity contribution in [3.63, 3.8) is 0 Å². The second-order valence-corrected chi connectivity index (χ2v) is 8.49. The van der Waals surface area contributed by atoms with E-state index in [-0.39, 0.29) is 13.0 Å². The minimum atomic E-state index is -3.57. The molecule has 0 radical (unpaired) electrons. The molecule has 0 aliphatic carbocycles. The Labute approximate surface area is 166 Å². The lowest BCUT2D eigenvalue weighted by Crippen LogP contribution is -2.19. The number of methoxy groups -OCH3 is 2. The van der Waals surface area contributed by atoms with Crippen LogP contribution in [0.2, 0.25) is 0 Å². The third-order valence-electron chi connectivity index (χ3n) is 4.14. The Kier molecular flexibility index (Phi) is 8.09. The van der Waals surface area contributed by atoms with Gasteiger partial charge in [0.15, 0.2) is 11.5 Å². The van der Waals surface area contributed by atoms with Crippen molar-refractivity contribution in [1.29, 1.82) is 0 Å². The van der Waals surface area contributed by atoms with Gasteiger partial charge in [-0.1, -0.05) is 31.2 Å². The number of carbonyl (C=O) groups is 1. The van der Waals surface area contributed by atoms with Crippen molar-refractivity contribution in [2.24, 2.45) is 0 Å². The van der Waals surface area contributed by atoms with Gasteiger partial charge < -0.3 is 18.7 Å². The highest BCUT2D eigenvalue weighted by atomic mass is 31.2. The fourth-order valence-electron chi connectivity index (χ4n) is 2.83. The van der Waals surface area contributed by atoms with Crippen LogP contribution < -0.4 is 14.8 Å². The lowest BCUT2D eigenvalue weighted by Gasteiger charge is -2.28. The smallest absolute Gasteiger partial charge is 0.306 e. The van der Waals surface area contributed by atoms with Gasteiger partial charge in [-0.25, -0.2) is 0 Å². The van der Waals surface area contributed by atoms with Gasteiger partial charge in [0.2, 0.25) is 5.85 Å². The Hall–Kier alpha value is -2.30. The lowest BCUT2D eigenvalue weighted by molar-refractivity contribution is -0.146. The lowest BCUT2D eigenvalue weighted by atomic mass is 10.2. The van der Waals surface area contributed by atoms with Crippen LogP contribution in [0.5, 0.6) is 11.5 Å². The summed E-state index contributed by atoms with van der Waals surface area (Å²) in [6.07, 6.45) is 0.854. The number of benzene rings is 2.